The van der Waals surface area contributed by atoms with Crippen molar-refractivity contribution in [3.8, 4) is 0 Å². The van der Waals surface area contributed by atoms with Crippen LogP contribution in [0.3, 0.4) is 0 Å². The molecule has 5 heteroatoms. The van der Waals surface area contributed by atoms with E-state index in [-0.39, 0.29) is 13.0 Å². The van der Waals surface area contributed by atoms with Crippen molar-refractivity contribution < 1.29 is 19.1 Å². The van der Waals surface area contributed by atoms with E-state index in [1.165, 1.54) is 18.2 Å². The molecule has 0 radical (unpaired) electrons. The average molecular weight is 289 g/mol. The zero-order chi connectivity index (χ0) is 15.1. The van der Waals surface area contributed by atoms with Gasteiger partial charge in [0.25, 0.3) is 0 Å². The van der Waals surface area contributed by atoms with Gasteiger partial charge < -0.3 is 5.11 Å². The number of amides is 1. The number of carbonyl (C=O) groups excluding carboxylic acids is 1. The highest BCUT2D eigenvalue weighted by Crippen LogP contribution is 2.17. The minimum Gasteiger partial charge on any atom is -0.388 e. The molecule has 0 bridgehead atoms. The highest BCUT2D eigenvalue weighted by Gasteiger charge is 2.13. The molecule has 1 amide bonds. The number of hydrogen-bond donors (Lipinski definition) is 2. The van der Waals surface area contributed by atoms with E-state index < -0.39 is 17.8 Å². The Labute approximate surface area is 122 Å². The highest BCUT2D eigenvalue weighted by atomic mass is 19.1. The molecule has 4 nitrogen and oxygen atoms in total. The molecule has 0 saturated carbocycles. The Balaban J connectivity index is 1.76. The number of aliphatic hydroxyl groups excluding tert-OH is 1. The first-order valence-corrected chi connectivity index (χ1v) is 6.53. The van der Waals surface area contributed by atoms with Crippen LogP contribution in [0.5, 0.6) is 0 Å². The fourth-order valence-corrected chi connectivity index (χ4v) is 1.82. The summed E-state index contributed by atoms with van der Waals surface area (Å²) in [6, 6.07) is 14.9. The zero-order valence-electron chi connectivity index (χ0n) is 11.3. The van der Waals surface area contributed by atoms with Crippen LogP contribution in [0.4, 0.5) is 4.39 Å². The summed E-state index contributed by atoms with van der Waals surface area (Å²) in [5, 5.41) is 9.85. The van der Waals surface area contributed by atoms with Crippen molar-refractivity contribution in [2.24, 2.45) is 0 Å². The lowest BCUT2D eigenvalue weighted by atomic mass is 10.1. The molecule has 0 heterocycles. The largest absolute Gasteiger partial charge is 0.388 e. The standard InChI is InChI=1S/C16H16FNO3/c17-14-8-4-7-13(9-14)15(19)10-16(20)18-21-11-12-5-2-1-3-6-12/h1-9,15,19H,10-11H2,(H,18,20). The molecule has 0 aliphatic carbocycles. The van der Waals surface area contributed by atoms with E-state index >= 15 is 0 Å². The normalized spacial score (nSPS) is 11.9. The number of nitrogens with one attached hydrogen (secondary N) is 1. The van der Waals surface area contributed by atoms with Crippen LogP contribution >= 0.6 is 0 Å². The summed E-state index contributed by atoms with van der Waals surface area (Å²) in [6.07, 6.45) is -1.26. The summed E-state index contributed by atoms with van der Waals surface area (Å²) in [5.41, 5.74) is 3.53. The number of carbonyl (C=O) groups is 1. The zero-order valence-corrected chi connectivity index (χ0v) is 11.3. The molecule has 1 unspecified atom stereocenters. The Morgan fingerprint density at radius 2 is 1.95 bits per heavy atom. The second-order valence-electron chi connectivity index (χ2n) is 4.57. The summed E-state index contributed by atoms with van der Waals surface area (Å²) in [6.45, 7) is 0.239. The Kier molecular flexibility index (Phi) is 5.43. The summed E-state index contributed by atoms with van der Waals surface area (Å²) >= 11 is 0. The molecular weight excluding hydrogens is 273 g/mol. The van der Waals surface area contributed by atoms with Gasteiger partial charge in [-0.2, -0.15) is 0 Å². The maximum absolute atomic E-state index is 13.0. The van der Waals surface area contributed by atoms with Gasteiger partial charge in [0, 0.05) is 0 Å². The maximum Gasteiger partial charge on any atom is 0.246 e. The van der Waals surface area contributed by atoms with Gasteiger partial charge >= 0.3 is 0 Å². The smallest absolute Gasteiger partial charge is 0.246 e. The SMILES string of the molecule is O=C(CC(O)c1cccc(F)c1)NOCc1ccccc1. The summed E-state index contributed by atoms with van der Waals surface area (Å²) in [5.74, 6) is -0.921. The van der Waals surface area contributed by atoms with Crippen LogP contribution in [-0.4, -0.2) is 11.0 Å². The van der Waals surface area contributed by atoms with Crippen LogP contribution < -0.4 is 5.48 Å². The summed E-state index contributed by atoms with van der Waals surface area (Å²) in [4.78, 5) is 16.7. The first kappa shape index (κ1) is 15.2. The van der Waals surface area contributed by atoms with Gasteiger partial charge in [-0.05, 0) is 23.3 Å². The molecule has 0 saturated heterocycles. The van der Waals surface area contributed by atoms with Crippen LogP contribution in [0, 0.1) is 5.82 Å². The number of hydroxylamine groups is 1. The van der Waals surface area contributed by atoms with Gasteiger partial charge in [0.1, 0.15) is 5.82 Å². The molecular formula is C16H16FNO3. The molecule has 2 aromatic carbocycles. The topological polar surface area (TPSA) is 58.6 Å². The van der Waals surface area contributed by atoms with E-state index in [2.05, 4.69) is 5.48 Å². The van der Waals surface area contributed by atoms with Crippen molar-refractivity contribution in [3.63, 3.8) is 0 Å². The quantitative estimate of drug-likeness (QED) is 0.803. The molecule has 110 valence electrons. The predicted octanol–water partition coefficient (Wildman–Crippen LogP) is 2.50. The van der Waals surface area contributed by atoms with E-state index in [1.807, 2.05) is 30.3 Å². The fourth-order valence-electron chi connectivity index (χ4n) is 1.82. The van der Waals surface area contributed by atoms with Gasteiger partial charge in [-0.15, -0.1) is 0 Å². The van der Waals surface area contributed by atoms with E-state index in [1.54, 1.807) is 6.07 Å². The van der Waals surface area contributed by atoms with Gasteiger partial charge in [0.15, 0.2) is 0 Å². The van der Waals surface area contributed by atoms with E-state index in [9.17, 15) is 14.3 Å². The summed E-state index contributed by atoms with van der Waals surface area (Å²) in [7, 11) is 0. The first-order valence-electron chi connectivity index (χ1n) is 6.53. The lowest BCUT2D eigenvalue weighted by molar-refractivity contribution is -0.136. The second kappa shape index (κ2) is 7.52. The monoisotopic (exact) mass is 289 g/mol. The van der Waals surface area contributed by atoms with Crippen LogP contribution in [0.25, 0.3) is 0 Å². The third kappa shape index (κ3) is 4.98. The third-order valence-electron chi connectivity index (χ3n) is 2.88. The first-order chi connectivity index (χ1) is 10.1. The Morgan fingerprint density at radius 3 is 2.67 bits per heavy atom. The lowest BCUT2D eigenvalue weighted by Gasteiger charge is -2.11. The number of halogens is 1. The lowest BCUT2D eigenvalue weighted by Crippen LogP contribution is -2.25. The molecule has 0 aliphatic rings. The number of benzene rings is 2. The Bertz CT molecular complexity index is 589. The molecule has 0 fully saturated rings. The van der Waals surface area contributed by atoms with Gasteiger partial charge in [0.05, 0.1) is 19.1 Å². The van der Waals surface area contributed by atoms with Crippen LogP contribution in [0.1, 0.15) is 23.7 Å². The minimum absolute atomic E-state index is 0.196. The van der Waals surface area contributed by atoms with E-state index in [0.717, 1.165) is 5.56 Å². The summed E-state index contributed by atoms with van der Waals surface area (Å²) < 4.78 is 13.0. The molecule has 1 atom stereocenters. The van der Waals surface area contributed by atoms with Crippen molar-refractivity contribution in [1.82, 2.24) is 5.48 Å². The van der Waals surface area contributed by atoms with Crippen LogP contribution in [-0.2, 0) is 16.2 Å². The van der Waals surface area contributed by atoms with Gasteiger partial charge in [-0.1, -0.05) is 42.5 Å². The Morgan fingerprint density at radius 1 is 1.19 bits per heavy atom. The van der Waals surface area contributed by atoms with Crippen molar-refractivity contribution in [2.45, 2.75) is 19.1 Å². The van der Waals surface area contributed by atoms with E-state index in [4.69, 9.17) is 4.84 Å². The van der Waals surface area contributed by atoms with Crippen LogP contribution in [0.2, 0.25) is 0 Å². The van der Waals surface area contributed by atoms with Gasteiger partial charge in [0.2, 0.25) is 5.91 Å². The average Bonchev–Trinajstić information content (AvgIpc) is 2.48. The molecule has 0 aliphatic heterocycles. The second-order valence-corrected chi connectivity index (χ2v) is 4.57. The van der Waals surface area contributed by atoms with Crippen molar-refractivity contribution in [3.05, 3.63) is 71.5 Å². The van der Waals surface area contributed by atoms with Crippen molar-refractivity contribution in [2.75, 3.05) is 0 Å². The van der Waals surface area contributed by atoms with E-state index in [0.29, 0.717) is 5.56 Å². The van der Waals surface area contributed by atoms with Crippen molar-refractivity contribution >= 4 is 5.91 Å². The number of rotatable bonds is 6. The molecule has 0 spiro atoms. The van der Waals surface area contributed by atoms with Crippen molar-refractivity contribution in [1.29, 1.82) is 0 Å². The van der Waals surface area contributed by atoms with Gasteiger partial charge in [-0.25, -0.2) is 9.87 Å². The number of aliphatic hydroxyl groups is 1. The number of hydrogen-bond acceptors (Lipinski definition) is 3. The molecule has 2 rings (SSSR count). The van der Waals surface area contributed by atoms with Crippen LogP contribution in [0.15, 0.2) is 54.6 Å². The highest BCUT2D eigenvalue weighted by molar-refractivity contribution is 5.75. The molecule has 21 heavy (non-hydrogen) atoms. The minimum atomic E-state index is -1.07. The molecule has 2 N–H and O–H groups in total. The maximum atomic E-state index is 13.0. The fraction of sp³-hybridized carbons (Fsp3) is 0.188. The Hall–Kier alpha value is -2.24. The van der Waals surface area contributed by atoms with Gasteiger partial charge in [-0.3, -0.25) is 9.63 Å². The molecule has 2 aromatic rings. The molecule has 0 aromatic heterocycles. The third-order valence-corrected chi connectivity index (χ3v) is 2.88. The predicted molar refractivity (Wildman–Crippen MR) is 75.4 cm³/mol.